The Kier molecular flexibility index (Phi) is 3.06. The number of ether oxygens (including phenoxy) is 1. The summed E-state index contributed by atoms with van der Waals surface area (Å²) in [6.45, 7) is 6.96. The lowest BCUT2D eigenvalue weighted by Crippen LogP contribution is -2.45. The van der Waals surface area contributed by atoms with Crippen molar-refractivity contribution in [3.8, 4) is 0 Å². The van der Waals surface area contributed by atoms with Gasteiger partial charge in [-0.3, -0.25) is 0 Å². The molecule has 1 aliphatic heterocycles. The van der Waals surface area contributed by atoms with Crippen LogP contribution in [0, 0.1) is 5.92 Å². The van der Waals surface area contributed by atoms with Crippen molar-refractivity contribution in [1.82, 2.24) is 19.8 Å². The van der Waals surface area contributed by atoms with Gasteiger partial charge in [0.2, 0.25) is 0 Å². The summed E-state index contributed by atoms with van der Waals surface area (Å²) in [5.41, 5.74) is 0.842. The van der Waals surface area contributed by atoms with Gasteiger partial charge >= 0.3 is 0 Å². The van der Waals surface area contributed by atoms with Crippen LogP contribution >= 0.6 is 0 Å². The topological polar surface area (TPSA) is 55.6 Å². The third-order valence-electron chi connectivity index (χ3n) is 4.38. The molecule has 4 rings (SSSR count). The van der Waals surface area contributed by atoms with Crippen LogP contribution < -0.4 is 4.90 Å². The molecule has 1 saturated carbocycles. The van der Waals surface area contributed by atoms with Crippen LogP contribution in [0.4, 0.5) is 5.82 Å². The van der Waals surface area contributed by atoms with Gasteiger partial charge in [-0.15, -0.1) is 15.3 Å². The molecular weight excluding hydrogens is 266 g/mol. The van der Waals surface area contributed by atoms with Crippen molar-refractivity contribution >= 4 is 11.5 Å². The van der Waals surface area contributed by atoms with Gasteiger partial charge in [0.15, 0.2) is 11.5 Å². The predicted octanol–water partition coefficient (Wildman–Crippen LogP) is 1.86. The number of aromatic nitrogens is 4. The van der Waals surface area contributed by atoms with E-state index in [1.165, 1.54) is 12.8 Å². The molecule has 0 bridgehead atoms. The number of hydrogen-bond donors (Lipinski definition) is 0. The molecule has 0 aromatic carbocycles. The quantitative estimate of drug-likeness (QED) is 0.862. The molecule has 6 nitrogen and oxygen atoms in total. The normalized spacial score (nSPS) is 23.2. The molecule has 0 unspecified atom stereocenters. The zero-order valence-corrected chi connectivity index (χ0v) is 12.6. The standard InChI is InChI=1S/C15H21N5O/c1-10(2)12-9-19(7-8-21-12)14-6-5-13-16-17-15(11-3-4-11)20(13)18-14/h5-6,10-12H,3-4,7-9H2,1-2H3/t12-/m0/s1. The van der Waals surface area contributed by atoms with Crippen LogP contribution in [0.3, 0.4) is 0 Å². The monoisotopic (exact) mass is 287 g/mol. The van der Waals surface area contributed by atoms with Crippen LogP contribution in [-0.2, 0) is 4.74 Å². The Morgan fingerprint density at radius 1 is 1.24 bits per heavy atom. The van der Waals surface area contributed by atoms with E-state index in [0.29, 0.717) is 11.8 Å². The SMILES string of the molecule is CC(C)[C@@H]1CN(c2ccc3nnc(C4CC4)n3n2)CCO1. The Morgan fingerprint density at radius 2 is 2.10 bits per heavy atom. The zero-order chi connectivity index (χ0) is 14.4. The summed E-state index contributed by atoms with van der Waals surface area (Å²) >= 11 is 0. The molecule has 2 aliphatic rings. The minimum atomic E-state index is 0.278. The van der Waals surface area contributed by atoms with Crippen molar-refractivity contribution in [3.63, 3.8) is 0 Å². The van der Waals surface area contributed by atoms with Crippen LogP contribution in [-0.4, -0.2) is 45.6 Å². The van der Waals surface area contributed by atoms with Crippen LogP contribution in [0.25, 0.3) is 5.65 Å². The average molecular weight is 287 g/mol. The van der Waals surface area contributed by atoms with Gasteiger partial charge in [-0.2, -0.15) is 4.52 Å². The highest BCUT2D eigenvalue weighted by Crippen LogP contribution is 2.38. The fourth-order valence-electron chi connectivity index (χ4n) is 2.85. The number of nitrogens with zero attached hydrogens (tertiary/aromatic N) is 5. The molecule has 21 heavy (non-hydrogen) atoms. The Labute approximate surface area is 124 Å². The van der Waals surface area contributed by atoms with Gasteiger partial charge in [0.25, 0.3) is 0 Å². The van der Waals surface area contributed by atoms with Gasteiger partial charge in [0.05, 0.1) is 12.7 Å². The molecule has 2 aromatic heterocycles. The highest BCUT2D eigenvalue weighted by atomic mass is 16.5. The van der Waals surface area contributed by atoms with E-state index in [1.807, 2.05) is 16.6 Å². The minimum absolute atomic E-state index is 0.278. The lowest BCUT2D eigenvalue weighted by Gasteiger charge is -2.35. The highest BCUT2D eigenvalue weighted by Gasteiger charge is 2.30. The van der Waals surface area contributed by atoms with E-state index in [9.17, 15) is 0 Å². The molecule has 2 aromatic rings. The number of rotatable bonds is 3. The minimum Gasteiger partial charge on any atom is -0.374 e. The number of fused-ring (bicyclic) bond motifs is 1. The lowest BCUT2D eigenvalue weighted by molar-refractivity contribution is 0.0111. The summed E-state index contributed by atoms with van der Waals surface area (Å²) in [5, 5.41) is 13.3. The molecule has 112 valence electrons. The van der Waals surface area contributed by atoms with Crippen molar-refractivity contribution in [2.45, 2.75) is 38.7 Å². The largest absolute Gasteiger partial charge is 0.374 e. The molecule has 0 N–H and O–H groups in total. The molecule has 2 fully saturated rings. The van der Waals surface area contributed by atoms with Crippen LogP contribution in [0.2, 0.25) is 0 Å². The summed E-state index contributed by atoms with van der Waals surface area (Å²) in [6.07, 6.45) is 2.69. The van der Waals surface area contributed by atoms with Crippen LogP contribution in [0.5, 0.6) is 0 Å². The molecule has 0 radical (unpaired) electrons. The second-order valence-electron chi connectivity index (χ2n) is 6.39. The van der Waals surface area contributed by atoms with E-state index in [4.69, 9.17) is 9.84 Å². The van der Waals surface area contributed by atoms with Crippen molar-refractivity contribution in [3.05, 3.63) is 18.0 Å². The maximum atomic E-state index is 5.83. The molecule has 3 heterocycles. The second kappa shape index (κ2) is 4.94. The Morgan fingerprint density at radius 3 is 2.86 bits per heavy atom. The molecule has 0 amide bonds. The highest BCUT2D eigenvalue weighted by molar-refractivity contribution is 5.46. The van der Waals surface area contributed by atoms with E-state index in [0.717, 1.165) is 37.0 Å². The maximum absolute atomic E-state index is 5.83. The zero-order valence-electron chi connectivity index (χ0n) is 12.6. The van der Waals surface area contributed by atoms with Crippen molar-refractivity contribution < 1.29 is 4.74 Å². The van der Waals surface area contributed by atoms with E-state index in [-0.39, 0.29) is 6.10 Å². The number of morpholine rings is 1. The third-order valence-corrected chi connectivity index (χ3v) is 4.38. The van der Waals surface area contributed by atoms with Crippen LogP contribution in [0.15, 0.2) is 12.1 Å². The first kappa shape index (κ1) is 13.0. The maximum Gasteiger partial charge on any atom is 0.178 e. The number of anilines is 1. The van der Waals surface area contributed by atoms with Gasteiger partial charge in [0.1, 0.15) is 5.82 Å². The van der Waals surface area contributed by atoms with E-state index < -0.39 is 0 Å². The van der Waals surface area contributed by atoms with Crippen molar-refractivity contribution in [2.24, 2.45) is 5.92 Å². The van der Waals surface area contributed by atoms with Gasteiger partial charge < -0.3 is 9.64 Å². The number of hydrogen-bond acceptors (Lipinski definition) is 5. The van der Waals surface area contributed by atoms with Crippen LogP contribution in [0.1, 0.15) is 38.4 Å². The molecular formula is C15H21N5O. The Hall–Kier alpha value is -1.69. The van der Waals surface area contributed by atoms with E-state index >= 15 is 0 Å². The van der Waals surface area contributed by atoms with Gasteiger partial charge in [-0.05, 0) is 30.9 Å². The Bertz CT molecular complexity index is 649. The van der Waals surface area contributed by atoms with E-state index in [1.54, 1.807) is 0 Å². The van der Waals surface area contributed by atoms with E-state index in [2.05, 4.69) is 28.9 Å². The fourth-order valence-corrected chi connectivity index (χ4v) is 2.85. The molecule has 6 heteroatoms. The lowest BCUT2D eigenvalue weighted by atomic mass is 10.1. The second-order valence-corrected chi connectivity index (χ2v) is 6.39. The fraction of sp³-hybridized carbons (Fsp3) is 0.667. The molecule has 0 spiro atoms. The summed E-state index contributed by atoms with van der Waals surface area (Å²) in [7, 11) is 0. The molecule has 1 aliphatic carbocycles. The van der Waals surface area contributed by atoms with Crippen molar-refractivity contribution in [1.29, 1.82) is 0 Å². The summed E-state index contributed by atoms with van der Waals surface area (Å²) in [6, 6.07) is 4.06. The summed E-state index contributed by atoms with van der Waals surface area (Å²) in [4.78, 5) is 2.31. The summed E-state index contributed by atoms with van der Waals surface area (Å²) < 4.78 is 7.76. The molecule has 1 atom stereocenters. The van der Waals surface area contributed by atoms with Gasteiger partial charge in [0, 0.05) is 19.0 Å². The van der Waals surface area contributed by atoms with Gasteiger partial charge in [-0.25, -0.2) is 0 Å². The first-order chi connectivity index (χ1) is 10.2. The van der Waals surface area contributed by atoms with Gasteiger partial charge in [-0.1, -0.05) is 13.8 Å². The average Bonchev–Trinajstić information content (AvgIpc) is 3.26. The van der Waals surface area contributed by atoms with Crippen molar-refractivity contribution in [2.75, 3.05) is 24.6 Å². The molecule has 1 saturated heterocycles. The Balaban J connectivity index is 1.64. The first-order valence-electron chi connectivity index (χ1n) is 7.81. The smallest absolute Gasteiger partial charge is 0.178 e. The first-order valence-corrected chi connectivity index (χ1v) is 7.81. The summed E-state index contributed by atoms with van der Waals surface area (Å²) in [5.74, 6) is 3.09. The predicted molar refractivity (Wildman–Crippen MR) is 79.5 cm³/mol. The third kappa shape index (κ3) is 2.37.